The highest BCUT2D eigenvalue weighted by atomic mass is 35.5. The highest BCUT2D eigenvalue weighted by Crippen LogP contribution is 2.34. The predicted octanol–water partition coefficient (Wildman–Crippen LogP) is 3.78. The van der Waals surface area contributed by atoms with Gasteiger partial charge in [0.05, 0.1) is 22.8 Å². The van der Waals surface area contributed by atoms with Crippen LogP contribution in [0.3, 0.4) is 0 Å². The van der Waals surface area contributed by atoms with Crippen molar-refractivity contribution in [2.24, 2.45) is 5.92 Å². The topological polar surface area (TPSA) is 30.5 Å². The molecule has 1 fully saturated rings. The standard InChI is InChI=1S/C15H21Cl2NO2/c1-10(2)19-9-14(11-6-7-18-8-11)20-15-12(16)4-3-5-13(15)17/h3-5,10-11,14,18H,6-9H2,1-2H3/t11-,14+/m1/s1. The first kappa shape index (κ1) is 15.9. The Hall–Kier alpha value is -0.480. The normalized spacial score (nSPS) is 20.4. The average Bonchev–Trinajstić information content (AvgIpc) is 2.91. The van der Waals surface area contributed by atoms with Gasteiger partial charge in [0.15, 0.2) is 5.75 Å². The number of benzene rings is 1. The molecule has 112 valence electrons. The molecule has 1 aliphatic rings. The maximum atomic E-state index is 6.18. The number of nitrogens with one attached hydrogen (secondary N) is 1. The largest absolute Gasteiger partial charge is 0.485 e. The van der Waals surface area contributed by atoms with Gasteiger partial charge in [0.2, 0.25) is 0 Å². The fourth-order valence-corrected chi connectivity index (χ4v) is 2.78. The van der Waals surface area contributed by atoms with Crippen molar-refractivity contribution >= 4 is 23.2 Å². The molecule has 2 atom stereocenters. The van der Waals surface area contributed by atoms with Gasteiger partial charge in [-0.15, -0.1) is 0 Å². The van der Waals surface area contributed by atoms with Crippen molar-refractivity contribution in [3.05, 3.63) is 28.2 Å². The van der Waals surface area contributed by atoms with Crippen LogP contribution in [0, 0.1) is 5.92 Å². The van der Waals surface area contributed by atoms with Crippen molar-refractivity contribution in [1.82, 2.24) is 5.32 Å². The van der Waals surface area contributed by atoms with Crippen molar-refractivity contribution in [2.75, 3.05) is 19.7 Å². The Kier molecular flexibility index (Phi) is 5.97. The first-order valence-corrected chi connectivity index (χ1v) is 7.76. The Labute approximate surface area is 130 Å². The fraction of sp³-hybridized carbons (Fsp3) is 0.600. The van der Waals surface area contributed by atoms with Gasteiger partial charge in [-0.1, -0.05) is 29.3 Å². The third kappa shape index (κ3) is 4.26. The monoisotopic (exact) mass is 317 g/mol. The lowest BCUT2D eigenvalue weighted by molar-refractivity contribution is -0.00358. The van der Waals surface area contributed by atoms with Crippen molar-refractivity contribution in [1.29, 1.82) is 0 Å². The van der Waals surface area contributed by atoms with Crippen molar-refractivity contribution in [2.45, 2.75) is 32.5 Å². The maximum Gasteiger partial charge on any atom is 0.157 e. The van der Waals surface area contributed by atoms with E-state index in [1.54, 1.807) is 12.1 Å². The minimum Gasteiger partial charge on any atom is -0.485 e. The van der Waals surface area contributed by atoms with Crippen LogP contribution in [0.5, 0.6) is 5.75 Å². The van der Waals surface area contributed by atoms with Crippen LogP contribution >= 0.6 is 23.2 Å². The molecule has 20 heavy (non-hydrogen) atoms. The van der Waals surface area contributed by atoms with Crippen LogP contribution in [-0.4, -0.2) is 31.9 Å². The predicted molar refractivity (Wildman–Crippen MR) is 82.9 cm³/mol. The lowest BCUT2D eigenvalue weighted by Gasteiger charge is -2.26. The van der Waals surface area contributed by atoms with Crippen LogP contribution in [0.1, 0.15) is 20.3 Å². The molecule has 1 saturated heterocycles. The van der Waals surface area contributed by atoms with Crippen molar-refractivity contribution < 1.29 is 9.47 Å². The SMILES string of the molecule is CC(C)OC[C@H](Oc1c(Cl)cccc1Cl)[C@@H]1CCNC1. The molecule has 1 N–H and O–H groups in total. The molecule has 0 aliphatic carbocycles. The van der Waals surface area contributed by atoms with Gasteiger partial charge < -0.3 is 14.8 Å². The smallest absolute Gasteiger partial charge is 0.157 e. The van der Waals surface area contributed by atoms with Gasteiger partial charge in [0.1, 0.15) is 6.10 Å². The molecule has 1 aromatic rings. The molecule has 0 radical (unpaired) electrons. The van der Waals surface area contributed by atoms with E-state index in [0.717, 1.165) is 19.5 Å². The second kappa shape index (κ2) is 7.51. The lowest BCUT2D eigenvalue weighted by atomic mass is 10.0. The van der Waals surface area contributed by atoms with Crippen LogP contribution in [0.4, 0.5) is 0 Å². The first-order valence-electron chi connectivity index (χ1n) is 7.01. The summed E-state index contributed by atoms with van der Waals surface area (Å²) < 4.78 is 11.8. The summed E-state index contributed by atoms with van der Waals surface area (Å²) in [4.78, 5) is 0. The Bertz CT molecular complexity index is 414. The molecule has 3 nitrogen and oxygen atoms in total. The van der Waals surface area contributed by atoms with E-state index in [-0.39, 0.29) is 12.2 Å². The summed E-state index contributed by atoms with van der Waals surface area (Å²) in [6, 6.07) is 5.39. The number of rotatable bonds is 6. The van der Waals surface area contributed by atoms with Crippen molar-refractivity contribution in [3.8, 4) is 5.75 Å². The molecular weight excluding hydrogens is 297 g/mol. The van der Waals surface area contributed by atoms with E-state index in [0.29, 0.717) is 28.3 Å². The van der Waals surface area contributed by atoms with Crippen LogP contribution in [-0.2, 0) is 4.74 Å². The Morgan fingerprint density at radius 2 is 2.00 bits per heavy atom. The number of halogens is 2. The third-order valence-corrected chi connectivity index (χ3v) is 4.00. The van der Waals surface area contributed by atoms with Gasteiger partial charge in [-0.3, -0.25) is 0 Å². The molecule has 0 unspecified atom stereocenters. The summed E-state index contributed by atoms with van der Waals surface area (Å²) in [5, 5.41) is 4.43. The quantitative estimate of drug-likeness (QED) is 0.866. The molecular formula is C15H21Cl2NO2. The Balaban J connectivity index is 2.09. The van der Waals surface area contributed by atoms with Crippen LogP contribution in [0.25, 0.3) is 0 Å². The first-order chi connectivity index (χ1) is 9.58. The summed E-state index contributed by atoms with van der Waals surface area (Å²) in [6.07, 6.45) is 1.22. The van der Waals surface area contributed by atoms with E-state index in [9.17, 15) is 0 Å². The Morgan fingerprint density at radius 3 is 2.55 bits per heavy atom. The van der Waals surface area contributed by atoms with Gasteiger partial charge >= 0.3 is 0 Å². The highest BCUT2D eigenvalue weighted by molar-refractivity contribution is 6.37. The minimum absolute atomic E-state index is 0.0372. The molecule has 0 aromatic heterocycles. The molecule has 0 bridgehead atoms. The molecule has 0 saturated carbocycles. The maximum absolute atomic E-state index is 6.18. The Morgan fingerprint density at radius 1 is 1.30 bits per heavy atom. The summed E-state index contributed by atoms with van der Waals surface area (Å²) >= 11 is 12.4. The van der Waals surface area contributed by atoms with E-state index in [1.807, 2.05) is 19.9 Å². The summed E-state index contributed by atoms with van der Waals surface area (Å²) in [5.74, 6) is 0.973. The van der Waals surface area contributed by atoms with Crippen LogP contribution in [0.2, 0.25) is 10.0 Å². The second-order valence-electron chi connectivity index (χ2n) is 5.34. The van der Waals surface area contributed by atoms with E-state index >= 15 is 0 Å². The fourth-order valence-electron chi connectivity index (χ4n) is 2.29. The van der Waals surface area contributed by atoms with Gasteiger partial charge in [0, 0.05) is 12.5 Å². The molecule has 2 rings (SSSR count). The number of para-hydroxylation sites is 1. The summed E-state index contributed by atoms with van der Waals surface area (Å²) in [7, 11) is 0. The van der Waals surface area contributed by atoms with Gasteiger partial charge in [-0.2, -0.15) is 0 Å². The van der Waals surface area contributed by atoms with Crippen LogP contribution < -0.4 is 10.1 Å². The van der Waals surface area contributed by atoms with E-state index in [2.05, 4.69) is 5.32 Å². The molecule has 1 aliphatic heterocycles. The van der Waals surface area contributed by atoms with E-state index < -0.39 is 0 Å². The van der Waals surface area contributed by atoms with E-state index in [1.165, 1.54) is 0 Å². The van der Waals surface area contributed by atoms with E-state index in [4.69, 9.17) is 32.7 Å². The third-order valence-electron chi connectivity index (χ3n) is 3.41. The molecule has 0 amide bonds. The zero-order chi connectivity index (χ0) is 14.5. The summed E-state index contributed by atoms with van der Waals surface area (Å²) in [6.45, 7) is 6.54. The van der Waals surface area contributed by atoms with Gasteiger partial charge in [0.25, 0.3) is 0 Å². The second-order valence-corrected chi connectivity index (χ2v) is 6.16. The zero-order valence-electron chi connectivity index (χ0n) is 11.9. The molecule has 1 heterocycles. The summed E-state index contributed by atoms with van der Waals surface area (Å²) in [5.41, 5.74) is 0. The minimum atomic E-state index is -0.0372. The van der Waals surface area contributed by atoms with Crippen LogP contribution in [0.15, 0.2) is 18.2 Å². The van der Waals surface area contributed by atoms with Gasteiger partial charge in [-0.25, -0.2) is 0 Å². The number of hydrogen-bond donors (Lipinski definition) is 1. The average molecular weight is 318 g/mol. The molecule has 1 aromatic carbocycles. The lowest BCUT2D eigenvalue weighted by Crippen LogP contribution is -2.34. The highest BCUT2D eigenvalue weighted by Gasteiger charge is 2.28. The number of ether oxygens (including phenoxy) is 2. The zero-order valence-corrected chi connectivity index (χ0v) is 13.4. The molecule has 0 spiro atoms. The van der Waals surface area contributed by atoms with Crippen molar-refractivity contribution in [3.63, 3.8) is 0 Å². The van der Waals surface area contributed by atoms with Gasteiger partial charge in [-0.05, 0) is 38.9 Å². The number of hydrogen-bond acceptors (Lipinski definition) is 3. The molecule has 5 heteroatoms.